The van der Waals surface area contributed by atoms with E-state index in [0.29, 0.717) is 30.0 Å². The first kappa shape index (κ1) is 34.0. The number of aromatic nitrogens is 4. The summed E-state index contributed by atoms with van der Waals surface area (Å²) in [7, 11) is 1.43. The third-order valence-corrected chi connectivity index (χ3v) is 9.06. The van der Waals surface area contributed by atoms with Gasteiger partial charge in [0, 0.05) is 48.2 Å². The predicted molar refractivity (Wildman–Crippen MR) is 185 cm³/mol. The largest absolute Gasteiger partial charge is 0.491 e. The number of fused-ring (bicyclic) bond motifs is 1. The molecule has 1 aliphatic rings. The fraction of sp³-hybridized carbons (Fsp3) is 0.243. The Morgan fingerprint density at radius 3 is 2.50 bits per heavy atom. The van der Waals surface area contributed by atoms with Gasteiger partial charge in [-0.05, 0) is 47.9 Å². The van der Waals surface area contributed by atoms with E-state index in [1.165, 1.54) is 34.8 Å². The van der Waals surface area contributed by atoms with Crippen LogP contribution in [0.3, 0.4) is 0 Å². The first-order valence-corrected chi connectivity index (χ1v) is 16.1. The van der Waals surface area contributed by atoms with Gasteiger partial charge in [0.2, 0.25) is 0 Å². The van der Waals surface area contributed by atoms with Crippen LogP contribution in [0.1, 0.15) is 41.6 Å². The number of carbonyl (C=O) groups excluding carboxylic acids is 1. The number of ether oxygens (including phenoxy) is 1. The third kappa shape index (κ3) is 6.43. The zero-order valence-corrected chi connectivity index (χ0v) is 27.5. The number of hydrogen-bond acceptors (Lipinski definition) is 9. The number of nitro groups is 1. The molecule has 2 aromatic heterocycles. The molecule has 0 bridgehead atoms. The van der Waals surface area contributed by atoms with E-state index in [0.717, 1.165) is 11.1 Å². The number of carbonyl (C=O) groups is 1. The molecule has 13 heteroatoms. The lowest BCUT2D eigenvalue weighted by atomic mass is 9.82. The highest BCUT2D eigenvalue weighted by Gasteiger charge is 2.53. The van der Waals surface area contributed by atoms with Crippen molar-refractivity contribution in [3.05, 3.63) is 152 Å². The molecular weight excluding hydrogens is 640 g/mol. The number of benzene rings is 3. The van der Waals surface area contributed by atoms with Gasteiger partial charge in [0.15, 0.2) is 11.4 Å². The summed E-state index contributed by atoms with van der Waals surface area (Å²) in [4.78, 5) is 39.3. The lowest BCUT2D eigenvalue weighted by molar-refractivity contribution is -0.385. The number of methoxy groups -OCH3 is 1. The van der Waals surface area contributed by atoms with Crippen LogP contribution in [0, 0.1) is 16.0 Å². The molecule has 13 nitrogen and oxygen atoms in total. The van der Waals surface area contributed by atoms with Gasteiger partial charge >= 0.3 is 0 Å². The fourth-order valence-electron chi connectivity index (χ4n) is 6.27. The highest BCUT2D eigenvalue weighted by Crippen LogP contribution is 2.47. The average molecular weight is 677 g/mol. The van der Waals surface area contributed by atoms with Crippen LogP contribution in [0.15, 0.2) is 114 Å². The number of aryl methyl sites for hydroxylation is 1. The van der Waals surface area contributed by atoms with Gasteiger partial charge in [0.05, 0.1) is 42.5 Å². The highest BCUT2D eigenvalue weighted by molar-refractivity contribution is 6.07. The number of aliphatic hydroxyl groups is 2. The number of rotatable bonds is 13. The predicted octanol–water partition coefficient (Wildman–Crippen LogP) is 4.49. The molecule has 2 N–H and O–H groups in total. The average Bonchev–Trinajstić information content (AvgIpc) is 3.68. The van der Waals surface area contributed by atoms with Gasteiger partial charge in [-0.3, -0.25) is 29.0 Å². The van der Waals surface area contributed by atoms with E-state index in [9.17, 15) is 29.9 Å². The van der Waals surface area contributed by atoms with Crippen LogP contribution in [0.2, 0.25) is 0 Å². The number of nitro benzene ring substituents is 1. The molecule has 0 aliphatic carbocycles. The standard InChI is InChI=1S/C37H36N6O7/c1-25(9-6-7-19-40-23-32(38-39-40)30(24-44)27-10-4-3-5-11-27)37(47)31-21-29(43(48)49)17-18-33(31)42(36(37)46)22-26-13-15-28(16-14-26)41-20-8-12-34(50-2)35(41)45/h3-6,8-18,20-21,23,25,30,44,47H,7,19,22,24H2,1-2H3/b9-6+/t25-,30?,37+/m1/s1. The van der Waals surface area contributed by atoms with Crippen LogP contribution in [-0.2, 0) is 23.5 Å². The fourth-order valence-corrected chi connectivity index (χ4v) is 6.27. The number of nitrogens with zero attached hydrogens (tertiary/aromatic N) is 6. The first-order valence-electron chi connectivity index (χ1n) is 16.1. The maximum Gasteiger partial charge on any atom is 0.297 e. The topological polar surface area (TPSA) is 166 Å². The molecular formula is C37H36N6O7. The molecule has 6 rings (SSSR count). The van der Waals surface area contributed by atoms with E-state index in [-0.39, 0.29) is 41.6 Å². The Bertz CT molecular complexity index is 2090. The van der Waals surface area contributed by atoms with Crippen molar-refractivity contribution in [2.24, 2.45) is 5.92 Å². The summed E-state index contributed by atoms with van der Waals surface area (Å²) in [6.07, 6.45) is 7.47. The van der Waals surface area contributed by atoms with Crippen LogP contribution < -0.4 is 15.2 Å². The maximum absolute atomic E-state index is 14.1. The Morgan fingerprint density at radius 2 is 1.80 bits per heavy atom. The minimum Gasteiger partial charge on any atom is -0.491 e. The molecule has 3 atom stereocenters. The number of non-ortho nitro benzene ring substituents is 1. The van der Waals surface area contributed by atoms with Crippen LogP contribution in [-0.4, -0.2) is 54.3 Å². The van der Waals surface area contributed by atoms with Crippen molar-refractivity contribution in [2.75, 3.05) is 18.6 Å². The van der Waals surface area contributed by atoms with Gasteiger partial charge in [0.1, 0.15) is 0 Å². The summed E-state index contributed by atoms with van der Waals surface area (Å²) in [6.45, 7) is 2.13. The van der Waals surface area contributed by atoms with Crippen molar-refractivity contribution < 1.29 is 24.7 Å². The Morgan fingerprint density at radius 1 is 1.04 bits per heavy atom. The molecule has 3 heterocycles. The molecule has 0 saturated heterocycles. The Labute approximate surface area is 287 Å². The van der Waals surface area contributed by atoms with Crippen molar-refractivity contribution in [3.63, 3.8) is 0 Å². The molecule has 256 valence electrons. The minimum atomic E-state index is -2.06. The zero-order chi connectivity index (χ0) is 35.4. The maximum atomic E-state index is 14.1. The van der Waals surface area contributed by atoms with Crippen molar-refractivity contribution in [1.82, 2.24) is 19.6 Å². The summed E-state index contributed by atoms with van der Waals surface area (Å²) >= 11 is 0. The molecule has 50 heavy (non-hydrogen) atoms. The van der Waals surface area contributed by atoms with Crippen molar-refractivity contribution in [1.29, 1.82) is 0 Å². The molecule has 0 fully saturated rings. The highest BCUT2D eigenvalue weighted by atomic mass is 16.6. The minimum absolute atomic E-state index is 0.0854. The van der Waals surface area contributed by atoms with E-state index in [4.69, 9.17) is 4.74 Å². The van der Waals surface area contributed by atoms with Gasteiger partial charge in [-0.25, -0.2) is 0 Å². The lowest BCUT2D eigenvalue weighted by Crippen LogP contribution is -2.44. The molecule has 3 aromatic carbocycles. The van der Waals surface area contributed by atoms with E-state index >= 15 is 0 Å². The number of allylic oxidation sites excluding steroid dienone is 1. The first-order chi connectivity index (χ1) is 24.1. The molecule has 0 saturated carbocycles. The van der Waals surface area contributed by atoms with Gasteiger partial charge in [0.25, 0.3) is 17.2 Å². The van der Waals surface area contributed by atoms with Crippen LogP contribution >= 0.6 is 0 Å². The molecule has 5 aromatic rings. The zero-order valence-electron chi connectivity index (χ0n) is 27.5. The second kappa shape index (κ2) is 14.3. The van der Waals surface area contributed by atoms with E-state index in [1.807, 2.05) is 36.4 Å². The Hall–Kier alpha value is -5.92. The summed E-state index contributed by atoms with van der Waals surface area (Å²) in [5, 5.41) is 42.2. The SMILES string of the molecule is COc1cccn(-c2ccc(CN3C(=O)[C@](O)([C@H](C)/C=C/CCn4cc(C(CO)c5ccccc5)nn4)c4cc([N+](=O)[O-])ccc43)cc2)c1=O. The number of hydrogen-bond donors (Lipinski definition) is 2. The Kier molecular flexibility index (Phi) is 9.70. The molecule has 1 amide bonds. The number of amides is 1. The van der Waals surface area contributed by atoms with Crippen molar-refractivity contribution in [3.8, 4) is 11.4 Å². The number of aliphatic hydroxyl groups excluding tert-OH is 1. The van der Waals surface area contributed by atoms with E-state index < -0.39 is 22.3 Å². The smallest absolute Gasteiger partial charge is 0.297 e. The van der Waals surface area contributed by atoms with E-state index in [2.05, 4.69) is 10.3 Å². The van der Waals surface area contributed by atoms with Crippen molar-refractivity contribution >= 4 is 17.3 Å². The third-order valence-electron chi connectivity index (χ3n) is 9.06. The molecule has 0 spiro atoms. The van der Waals surface area contributed by atoms with Crippen LogP contribution in [0.4, 0.5) is 11.4 Å². The van der Waals surface area contributed by atoms with Crippen molar-refractivity contribution in [2.45, 2.75) is 38.0 Å². The van der Waals surface area contributed by atoms with Gasteiger partial charge < -0.3 is 19.8 Å². The lowest BCUT2D eigenvalue weighted by Gasteiger charge is -2.27. The summed E-state index contributed by atoms with van der Waals surface area (Å²) in [6, 6.07) is 24.0. The normalized spacial score (nSPS) is 16.8. The molecule has 1 unspecified atom stereocenters. The monoisotopic (exact) mass is 676 g/mol. The summed E-state index contributed by atoms with van der Waals surface area (Å²) in [5.41, 5.74) is 0.820. The van der Waals surface area contributed by atoms with Gasteiger partial charge in [-0.1, -0.05) is 66.8 Å². The second-order valence-electron chi connectivity index (χ2n) is 12.1. The molecule has 1 aliphatic heterocycles. The molecule has 0 radical (unpaired) electrons. The number of pyridine rings is 1. The van der Waals surface area contributed by atoms with E-state index in [1.54, 1.807) is 66.5 Å². The quantitative estimate of drug-likeness (QED) is 0.104. The Balaban J connectivity index is 1.19. The summed E-state index contributed by atoms with van der Waals surface area (Å²) in [5.74, 6) is -1.44. The van der Waals surface area contributed by atoms with Gasteiger partial charge in [-0.2, -0.15) is 0 Å². The summed E-state index contributed by atoms with van der Waals surface area (Å²) < 4.78 is 8.26. The second-order valence-corrected chi connectivity index (χ2v) is 12.1. The van der Waals surface area contributed by atoms with Crippen LogP contribution in [0.5, 0.6) is 5.75 Å². The van der Waals surface area contributed by atoms with Gasteiger partial charge in [-0.15, -0.1) is 5.10 Å². The van der Waals surface area contributed by atoms with Crippen LogP contribution in [0.25, 0.3) is 5.69 Å². The number of anilines is 1.